The molecule has 0 unspecified atom stereocenters. The van der Waals surface area contributed by atoms with Gasteiger partial charge in [-0.3, -0.25) is 14.7 Å². The highest BCUT2D eigenvalue weighted by Gasteiger charge is 2.36. The van der Waals surface area contributed by atoms with Gasteiger partial charge in [-0.2, -0.15) is 0 Å². The molecule has 3 aliphatic heterocycles. The maximum atomic E-state index is 12.7. The van der Waals surface area contributed by atoms with E-state index in [9.17, 15) is 4.79 Å². The third kappa shape index (κ3) is 2.99. The van der Waals surface area contributed by atoms with Crippen LogP contribution in [-0.2, 0) is 6.54 Å². The molecule has 3 saturated heterocycles. The summed E-state index contributed by atoms with van der Waals surface area (Å²) in [4.78, 5) is 28.7. The predicted molar refractivity (Wildman–Crippen MR) is 85.7 cm³/mol. The SMILES string of the molecule is O=C(c1ccccn1)N1C[C@H]2CC[C@@H](C1)N(Cc1cnc[nH]1)C2. The Balaban J connectivity index is 1.50. The molecule has 2 aromatic heterocycles. The average Bonchev–Trinajstić information content (AvgIpc) is 2.93. The second-order valence-corrected chi connectivity index (χ2v) is 6.53. The fraction of sp³-hybridized carbons (Fsp3) is 0.471. The number of hydrogen-bond donors (Lipinski definition) is 1. The van der Waals surface area contributed by atoms with Crippen LogP contribution in [0.5, 0.6) is 0 Å². The minimum Gasteiger partial charge on any atom is -0.347 e. The summed E-state index contributed by atoms with van der Waals surface area (Å²) in [6, 6.07) is 5.94. The molecule has 3 aliphatic rings. The number of hydrogen-bond acceptors (Lipinski definition) is 4. The van der Waals surface area contributed by atoms with Crippen LogP contribution in [0.3, 0.4) is 0 Å². The van der Waals surface area contributed by atoms with Crippen LogP contribution < -0.4 is 0 Å². The number of pyridine rings is 1. The van der Waals surface area contributed by atoms with Crippen LogP contribution in [0, 0.1) is 5.92 Å². The molecular formula is C17H21N5O. The van der Waals surface area contributed by atoms with Crippen molar-refractivity contribution in [2.24, 2.45) is 5.92 Å². The minimum atomic E-state index is 0.0610. The van der Waals surface area contributed by atoms with Crippen molar-refractivity contribution in [2.75, 3.05) is 19.6 Å². The molecule has 6 nitrogen and oxygen atoms in total. The van der Waals surface area contributed by atoms with E-state index in [0.717, 1.165) is 38.3 Å². The number of aromatic nitrogens is 3. The molecule has 2 aromatic rings. The Morgan fingerprint density at radius 2 is 2.22 bits per heavy atom. The van der Waals surface area contributed by atoms with Gasteiger partial charge in [-0.05, 0) is 30.9 Å². The van der Waals surface area contributed by atoms with Gasteiger partial charge in [-0.1, -0.05) is 6.07 Å². The quantitative estimate of drug-likeness (QED) is 0.934. The number of fused-ring (bicyclic) bond motifs is 4. The summed E-state index contributed by atoms with van der Waals surface area (Å²) in [5.74, 6) is 0.607. The summed E-state index contributed by atoms with van der Waals surface area (Å²) in [7, 11) is 0. The van der Waals surface area contributed by atoms with E-state index in [4.69, 9.17) is 0 Å². The largest absolute Gasteiger partial charge is 0.347 e. The summed E-state index contributed by atoms with van der Waals surface area (Å²) in [5.41, 5.74) is 1.69. The number of rotatable bonds is 3. The number of nitrogens with one attached hydrogen (secondary N) is 1. The van der Waals surface area contributed by atoms with Crippen molar-refractivity contribution in [3.8, 4) is 0 Å². The zero-order valence-corrected chi connectivity index (χ0v) is 13.1. The number of carbonyl (C=O) groups excluding carboxylic acids is 1. The molecule has 2 atom stereocenters. The van der Waals surface area contributed by atoms with Crippen molar-refractivity contribution in [1.29, 1.82) is 0 Å². The number of imidazole rings is 1. The Morgan fingerprint density at radius 3 is 3.00 bits per heavy atom. The molecule has 6 heteroatoms. The third-order valence-electron chi connectivity index (χ3n) is 4.93. The zero-order chi connectivity index (χ0) is 15.6. The maximum Gasteiger partial charge on any atom is 0.272 e. The second kappa shape index (κ2) is 6.12. The number of amides is 1. The molecule has 3 fully saturated rings. The molecule has 5 heterocycles. The van der Waals surface area contributed by atoms with E-state index < -0.39 is 0 Å². The summed E-state index contributed by atoms with van der Waals surface area (Å²) in [6.07, 6.45) is 7.66. The van der Waals surface area contributed by atoms with Gasteiger partial charge in [0.15, 0.2) is 0 Å². The van der Waals surface area contributed by atoms with Crippen LogP contribution in [0.25, 0.3) is 0 Å². The van der Waals surface area contributed by atoms with Crippen LogP contribution in [-0.4, -0.2) is 56.3 Å². The molecule has 2 bridgehead atoms. The van der Waals surface area contributed by atoms with Gasteiger partial charge in [-0.25, -0.2) is 4.98 Å². The van der Waals surface area contributed by atoms with E-state index in [0.29, 0.717) is 17.7 Å². The smallest absolute Gasteiger partial charge is 0.272 e. The monoisotopic (exact) mass is 311 g/mol. The van der Waals surface area contributed by atoms with Crippen LogP contribution in [0.1, 0.15) is 29.0 Å². The molecule has 0 spiro atoms. The number of H-pyrrole nitrogens is 1. The highest BCUT2D eigenvalue weighted by molar-refractivity contribution is 5.92. The summed E-state index contributed by atoms with van der Waals surface area (Å²) >= 11 is 0. The van der Waals surface area contributed by atoms with E-state index >= 15 is 0 Å². The first-order chi connectivity index (χ1) is 11.3. The first-order valence-corrected chi connectivity index (χ1v) is 8.21. The number of carbonyl (C=O) groups is 1. The Kier molecular flexibility index (Phi) is 3.83. The van der Waals surface area contributed by atoms with Gasteiger partial charge in [-0.15, -0.1) is 0 Å². The molecule has 0 saturated carbocycles. The van der Waals surface area contributed by atoms with Gasteiger partial charge in [0.2, 0.25) is 0 Å². The number of piperidine rings is 1. The third-order valence-corrected chi connectivity index (χ3v) is 4.93. The average molecular weight is 311 g/mol. The fourth-order valence-electron chi connectivity index (χ4n) is 3.78. The lowest BCUT2D eigenvalue weighted by molar-refractivity contribution is 0.0730. The topological polar surface area (TPSA) is 65.1 Å². The Morgan fingerprint density at radius 1 is 1.26 bits per heavy atom. The van der Waals surface area contributed by atoms with Gasteiger partial charge in [0.05, 0.1) is 6.33 Å². The molecule has 120 valence electrons. The van der Waals surface area contributed by atoms with E-state index in [1.165, 1.54) is 6.42 Å². The molecule has 1 N–H and O–H groups in total. The molecular weight excluding hydrogens is 290 g/mol. The van der Waals surface area contributed by atoms with E-state index in [1.807, 2.05) is 23.2 Å². The van der Waals surface area contributed by atoms with E-state index in [2.05, 4.69) is 19.9 Å². The Hall–Kier alpha value is -2.21. The number of aromatic amines is 1. The summed E-state index contributed by atoms with van der Waals surface area (Å²) in [5, 5.41) is 0. The van der Waals surface area contributed by atoms with E-state index in [-0.39, 0.29) is 5.91 Å². The van der Waals surface area contributed by atoms with Crippen molar-refractivity contribution in [2.45, 2.75) is 25.4 Å². The normalized spacial score (nSPS) is 24.6. The molecule has 23 heavy (non-hydrogen) atoms. The molecule has 0 radical (unpaired) electrons. The predicted octanol–water partition coefficient (Wildman–Crippen LogP) is 1.54. The van der Waals surface area contributed by atoms with Gasteiger partial charge < -0.3 is 9.88 Å². The van der Waals surface area contributed by atoms with Crippen LogP contribution in [0.4, 0.5) is 0 Å². The first-order valence-electron chi connectivity index (χ1n) is 8.21. The van der Waals surface area contributed by atoms with Crippen LogP contribution in [0.15, 0.2) is 36.9 Å². The lowest BCUT2D eigenvalue weighted by Crippen LogP contribution is -2.44. The van der Waals surface area contributed by atoms with Crippen molar-refractivity contribution < 1.29 is 4.79 Å². The van der Waals surface area contributed by atoms with Gasteiger partial charge >= 0.3 is 0 Å². The van der Waals surface area contributed by atoms with Crippen molar-refractivity contribution in [1.82, 2.24) is 24.8 Å². The minimum absolute atomic E-state index is 0.0610. The van der Waals surface area contributed by atoms with Crippen LogP contribution in [0.2, 0.25) is 0 Å². The highest BCUT2D eigenvalue weighted by atomic mass is 16.2. The molecule has 5 rings (SSSR count). The second-order valence-electron chi connectivity index (χ2n) is 6.53. The molecule has 0 aliphatic carbocycles. The Bertz CT molecular complexity index is 657. The first kappa shape index (κ1) is 14.4. The van der Waals surface area contributed by atoms with Gasteiger partial charge in [0, 0.05) is 50.3 Å². The van der Waals surface area contributed by atoms with E-state index in [1.54, 1.807) is 18.6 Å². The maximum absolute atomic E-state index is 12.7. The Labute approximate surface area is 135 Å². The summed E-state index contributed by atoms with van der Waals surface area (Å²) < 4.78 is 0. The molecule has 1 amide bonds. The zero-order valence-electron chi connectivity index (χ0n) is 13.1. The number of nitrogens with zero attached hydrogens (tertiary/aromatic N) is 4. The van der Waals surface area contributed by atoms with Gasteiger partial charge in [0.25, 0.3) is 5.91 Å². The molecule has 0 aromatic carbocycles. The summed E-state index contributed by atoms with van der Waals surface area (Å²) in [6.45, 7) is 3.56. The standard InChI is InChI=1S/C17H21N5O/c23-17(16-3-1-2-6-19-16)22-9-13-4-5-15(11-22)21(8-13)10-14-7-18-12-20-14/h1-3,6-7,12-13,15H,4-5,8-11H2,(H,18,20)/t13-,15-/m0/s1. The van der Waals surface area contributed by atoms with Crippen LogP contribution >= 0.6 is 0 Å². The van der Waals surface area contributed by atoms with Gasteiger partial charge in [0.1, 0.15) is 5.69 Å². The highest BCUT2D eigenvalue weighted by Crippen LogP contribution is 2.29. The fourth-order valence-corrected chi connectivity index (χ4v) is 3.78. The lowest BCUT2D eigenvalue weighted by atomic mass is 9.95. The van der Waals surface area contributed by atoms with Crippen molar-refractivity contribution >= 4 is 5.91 Å². The van der Waals surface area contributed by atoms with Crippen molar-refractivity contribution in [3.63, 3.8) is 0 Å². The lowest BCUT2D eigenvalue weighted by Gasteiger charge is -2.35. The van der Waals surface area contributed by atoms with Crippen molar-refractivity contribution in [3.05, 3.63) is 48.3 Å².